The zero-order valence-corrected chi connectivity index (χ0v) is 13.5. The summed E-state index contributed by atoms with van der Waals surface area (Å²) < 4.78 is 5.89. The third kappa shape index (κ3) is 5.62. The summed E-state index contributed by atoms with van der Waals surface area (Å²) in [6.07, 6.45) is 1.03. The molecule has 2 aromatic rings. The third-order valence-corrected chi connectivity index (χ3v) is 3.91. The summed E-state index contributed by atoms with van der Waals surface area (Å²) >= 11 is 0. The summed E-state index contributed by atoms with van der Waals surface area (Å²) in [4.78, 5) is 12.1. The SMILES string of the molecule is CCC(CCC(O)C(=O)c1ccccc1)OCc1ccccc1. The molecule has 0 aliphatic rings. The highest BCUT2D eigenvalue weighted by atomic mass is 16.5. The second-order valence-electron chi connectivity index (χ2n) is 5.65. The average Bonchev–Trinajstić information content (AvgIpc) is 2.62. The number of benzene rings is 2. The van der Waals surface area contributed by atoms with Crippen LogP contribution >= 0.6 is 0 Å². The van der Waals surface area contributed by atoms with Gasteiger partial charge >= 0.3 is 0 Å². The lowest BCUT2D eigenvalue weighted by molar-refractivity contribution is 0.0219. The van der Waals surface area contributed by atoms with Crippen molar-refractivity contribution in [3.63, 3.8) is 0 Å². The van der Waals surface area contributed by atoms with E-state index in [4.69, 9.17) is 4.74 Å². The molecule has 3 heteroatoms. The Balaban J connectivity index is 1.79. The average molecular weight is 312 g/mol. The van der Waals surface area contributed by atoms with Crippen molar-refractivity contribution < 1.29 is 14.6 Å². The van der Waals surface area contributed by atoms with E-state index in [-0.39, 0.29) is 11.9 Å². The fraction of sp³-hybridized carbons (Fsp3) is 0.350. The minimum Gasteiger partial charge on any atom is -0.385 e. The normalized spacial score (nSPS) is 13.5. The van der Waals surface area contributed by atoms with E-state index in [2.05, 4.69) is 6.92 Å². The highest BCUT2D eigenvalue weighted by molar-refractivity contribution is 5.99. The van der Waals surface area contributed by atoms with E-state index in [1.165, 1.54) is 0 Å². The van der Waals surface area contributed by atoms with Gasteiger partial charge in [-0.05, 0) is 24.8 Å². The van der Waals surface area contributed by atoms with Crippen molar-refractivity contribution >= 4 is 5.78 Å². The molecule has 0 saturated carbocycles. The van der Waals surface area contributed by atoms with Gasteiger partial charge in [-0.25, -0.2) is 0 Å². The number of ether oxygens (including phenoxy) is 1. The van der Waals surface area contributed by atoms with E-state index >= 15 is 0 Å². The topological polar surface area (TPSA) is 46.5 Å². The Labute approximate surface area is 137 Å². The highest BCUT2D eigenvalue weighted by Gasteiger charge is 2.18. The first kappa shape index (κ1) is 17.4. The van der Waals surface area contributed by atoms with Crippen LogP contribution in [0.3, 0.4) is 0 Å². The standard InChI is InChI=1S/C20H24O3/c1-2-18(23-15-16-9-5-3-6-10-16)13-14-19(21)20(22)17-11-7-4-8-12-17/h3-12,18-19,21H,2,13-15H2,1H3. The fourth-order valence-corrected chi connectivity index (χ4v) is 2.46. The van der Waals surface area contributed by atoms with Crippen molar-refractivity contribution in [2.75, 3.05) is 0 Å². The van der Waals surface area contributed by atoms with Crippen molar-refractivity contribution in [2.24, 2.45) is 0 Å². The van der Waals surface area contributed by atoms with E-state index in [1.807, 2.05) is 36.4 Å². The molecule has 0 fully saturated rings. The number of hydrogen-bond donors (Lipinski definition) is 1. The van der Waals surface area contributed by atoms with Gasteiger partial charge in [0.25, 0.3) is 0 Å². The second kappa shape index (κ2) is 9.23. The molecule has 122 valence electrons. The predicted molar refractivity (Wildman–Crippen MR) is 91.3 cm³/mol. The zero-order chi connectivity index (χ0) is 16.5. The summed E-state index contributed by atoms with van der Waals surface area (Å²) in [5.74, 6) is -0.219. The fourth-order valence-electron chi connectivity index (χ4n) is 2.46. The lowest BCUT2D eigenvalue weighted by Crippen LogP contribution is -2.23. The van der Waals surface area contributed by atoms with Crippen LogP contribution < -0.4 is 0 Å². The Morgan fingerprint density at radius 2 is 1.61 bits per heavy atom. The van der Waals surface area contributed by atoms with Gasteiger partial charge in [0.05, 0.1) is 12.7 Å². The molecule has 2 aromatic carbocycles. The number of aliphatic hydroxyl groups is 1. The Morgan fingerprint density at radius 3 is 2.22 bits per heavy atom. The minimum absolute atomic E-state index is 0.0495. The Bertz CT molecular complexity index is 580. The number of carbonyl (C=O) groups excluding carboxylic acids is 1. The summed E-state index contributed by atoms with van der Waals surface area (Å²) in [5.41, 5.74) is 1.69. The van der Waals surface area contributed by atoms with Crippen LogP contribution in [-0.2, 0) is 11.3 Å². The number of ketones is 1. The van der Waals surface area contributed by atoms with Gasteiger partial charge in [0.2, 0.25) is 0 Å². The van der Waals surface area contributed by atoms with Crippen LogP contribution in [0.1, 0.15) is 42.1 Å². The number of Topliss-reactive ketones (excluding diaryl/α,β-unsaturated/α-hetero) is 1. The highest BCUT2D eigenvalue weighted by Crippen LogP contribution is 2.14. The molecule has 0 radical (unpaired) electrons. The van der Waals surface area contributed by atoms with Crippen molar-refractivity contribution in [3.8, 4) is 0 Å². The van der Waals surface area contributed by atoms with Crippen molar-refractivity contribution in [1.82, 2.24) is 0 Å². The van der Waals surface area contributed by atoms with Gasteiger partial charge in [-0.15, -0.1) is 0 Å². The Hall–Kier alpha value is -1.97. The molecule has 0 saturated heterocycles. The van der Waals surface area contributed by atoms with Crippen molar-refractivity contribution in [2.45, 2.75) is 45.0 Å². The number of hydrogen-bond acceptors (Lipinski definition) is 3. The van der Waals surface area contributed by atoms with Gasteiger partial charge in [-0.2, -0.15) is 0 Å². The molecule has 2 rings (SSSR count). The molecule has 2 unspecified atom stereocenters. The molecule has 0 amide bonds. The van der Waals surface area contributed by atoms with Gasteiger partial charge in [0.1, 0.15) is 6.10 Å². The largest absolute Gasteiger partial charge is 0.385 e. The number of carbonyl (C=O) groups is 1. The van der Waals surface area contributed by atoms with Crippen LogP contribution in [0.15, 0.2) is 60.7 Å². The maximum Gasteiger partial charge on any atom is 0.191 e. The molecule has 0 aromatic heterocycles. The zero-order valence-electron chi connectivity index (χ0n) is 13.5. The van der Waals surface area contributed by atoms with E-state index in [1.54, 1.807) is 24.3 Å². The summed E-state index contributed by atoms with van der Waals surface area (Å²) in [6.45, 7) is 2.61. The molecule has 23 heavy (non-hydrogen) atoms. The minimum atomic E-state index is -0.966. The molecule has 0 bridgehead atoms. The Morgan fingerprint density at radius 1 is 1.00 bits per heavy atom. The maximum absolute atomic E-state index is 12.1. The smallest absolute Gasteiger partial charge is 0.191 e. The van der Waals surface area contributed by atoms with E-state index in [0.717, 1.165) is 12.0 Å². The summed E-state index contributed by atoms with van der Waals surface area (Å²) in [6, 6.07) is 18.9. The predicted octanol–water partition coefficient (Wildman–Crippen LogP) is 4.01. The van der Waals surface area contributed by atoms with Gasteiger partial charge in [-0.1, -0.05) is 67.6 Å². The Kier molecular flexibility index (Phi) is 6.98. The van der Waals surface area contributed by atoms with Crippen LogP contribution in [0, 0.1) is 0 Å². The van der Waals surface area contributed by atoms with Crippen LogP contribution in [0.4, 0.5) is 0 Å². The molecule has 0 aliphatic carbocycles. The molecule has 0 spiro atoms. The van der Waals surface area contributed by atoms with E-state index in [0.29, 0.717) is 25.0 Å². The molecule has 0 heterocycles. The van der Waals surface area contributed by atoms with Crippen molar-refractivity contribution in [3.05, 3.63) is 71.8 Å². The van der Waals surface area contributed by atoms with E-state index < -0.39 is 6.10 Å². The maximum atomic E-state index is 12.1. The van der Waals surface area contributed by atoms with Crippen LogP contribution in [0.2, 0.25) is 0 Å². The number of rotatable bonds is 9. The molecule has 3 nitrogen and oxygen atoms in total. The monoisotopic (exact) mass is 312 g/mol. The lowest BCUT2D eigenvalue weighted by atomic mass is 10.0. The molecule has 1 N–H and O–H groups in total. The van der Waals surface area contributed by atoms with Gasteiger partial charge in [0.15, 0.2) is 5.78 Å². The first-order chi connectivity index (χ1) is 11.2. The molecule has 0 aliphatic heterocycles. The lowest BCUT2D eigenvalue weighted by Gasteiger charge is -2.18. The van der Waals surface area contributed by atoms with E-state index in [9.17, 15) is 9.90 Å². The first-order valence-electron chi connectivity index (χ1n) is 8.13. The summed E-state index contributed by atoms with van der Waals surface area (Å²) in [5, 5.41) is 10.1. The first-order valence-corrected chi connectivity index (χ1v) is 8.13. The van der Waals surface area contributed by atoms with Gasteiger partial charge < -0.3 is 9.84 Å². The van der Waals surface area contributed by atoms with Crippen LogP contribution in [0.25, 0.3) is 0 Å². The second-order valence-corrected chi connectivity index (χ2v) is 5.65. The van der Waals surface area contributed by atoms with Crippen LogP contribution in [-0.4, -0.2) is 23.1 Å². The van der Waals surface area contributed by atoms with Gasteiger partial charge in [0, 0.05) is 5.56 Å². The number of aliphatic hydroxyl groups excluding tert-OH is 1. The molecular weight excluding hydrogens is 288 g/mol. The van der Waals surface area contributed by atoms with Gasteiger partial charge in [-0.3, -0.25) is 4.79 Å². The van der Waals surface area contributed by atoms with Crippen molar-refractivity contribution in [1.29, 1.82) is 0 Å². The summed E-state index contributed by atoms with van der Waals surface area (Å²) in [7, 11) is 0. The molecule has 2 atom stereocenters. The molecular formula is C20H24O3. The van der Waals surface area contributed by atoms with Crippen LogP contribution in [0.5, 0.6) is 0 Å². The quantitative estimate of drug-likeness (QED) is 0.712. The third-order valence-electron chi connectivity index (χ3n) is 3.91.